The Bertz CT molecular complexity index is 536. The third-order valence-corrected chi connectivity index (χ3v) is 3.55. The molecule has 0 aliphatic rings. The van der Waals surface area contributed by atoms with Crippen LogP contribution in [0.25, 0.3) is 11.3 Å². The Labute approximate surface area is 126 Å². The molecule has 0 aliphatic heterocycles. The number of aromatic amines is 1. The number of nitrogens with zero attached hydrogens (tertiary/aromatic N) is 2. The first-order valence-corrected chi connectivity index (χ1v) is 7.27. The van der Waals surface area contributed by atoms with Crippen molar-refractivity contribution in [1.82, 2.24) is 20.7 Å². The lowest BCUT2D eigenvalue weighted by atomic mass is 9.90. The molecule has 0 radical (unpaired) electrons. The summed E-state index contributed by atoms with van der Waals surface area (Å²) in [5.74, 6) is 0. The molecule has 114 valence electrons. The Hall–Kier alpha value is -1.72. The Morgan fingerprint density at radius 3 is 2.67 bits per heavy atom. The average Bonchev–Trinajstić information content (AvgIpc) is 2.94. The fourth-order valence-electron chi connectivity index (χ4n) is 2.19. The molecule has 0 aliphatic carbocycles. The molecule has 0 amide bonds. The molecule has 0 saturated heterocycles. The van der Waals surface area contributed by atoms with Gasteiger partial charge in [-0.05, 0) is 11.8 Å². The van der Waals surface area contributed by atoms with E-state index >= 15 is 0 Å². The SMILES string of the molecule is COCCC(C)(C)CNCc1n[nH]nc1-c1ccccc1. The summed E-state index contributed by atoms with van der Waals surface area (Å²) in [5, 5.41) is 14.7. The van der Waals surface area contributed by atoms with Gasteiger partial charge < -0.3 is 10.1 Å². The van der Waals surface area contributed by atoms with Gasteiger partial charge in [-0.2, -0.15) is 15.4 Å². The Kier molecular flexibility index (Phi) is 5.47. The minimum absolute atomic E-state index is 0.201. The topological polar surface area (TPSA) is 62.8 Å². The van der Waals surface area contributed by atoms with Crippen LogP contribution in [-0.4, -0.2) is 35.7 Å². The van der Waals surface area contributed by atoms with Gasteiger partial charge in [0, 0.05) is 32.4 Å². The van der Waals surface area contributed by atoms with E-state index in [1.165, 1.54) is 0 Å². The fourth-order valence-corrected chi connectivity index (χ4v) is 2.19. The van der Waals surface area contributed by atoms with Crippen molar-refractivity contribution >= 4 is 0 Å². The van der Waals surface area contributed by atoms with E-state index in [0.717, 1.165) is 36.5 Å². The normalized spacial score (nSPS) is 11.8. The zero-order chi connectivity index (χ0) is 15.1. The largest absolute Gasteiger partial charge is 0.385 e. The molecule has 1 heterocycles. The minimum Gasteiger partial charge on any atom is -0.385 e. The second-order valence-electron chi connectivity index (χ2n) is 6.00. The third-order valence-electron chi connectivity index (χ3n) is 3.55. The van der Waals surface area contributed by atoms with E-state index in [1.54, 1.807) is 7.11 Å². The van der Waals surface area contributed by atoms with Crippen LogP contribution in [0, 0.1) is 5.41 Å². The smallest absolute Gasteiger partial charge is 0.117 e. The highest BCUT2D eigenvalue weighted by atomic mass is 16.5. The highest BCUT2D eigenvalue weighted by Gasteiger charge is 2.18. The molecule has 0 spiro atoms. The molecule has 2 rings (SSSR count). The van der Waals surface area contributed by atoms with Gasteiger partial charge in [0.05, 0.1) is 0 Å². The molecule has 1 aromatic carbocycles. The maximum absolute atomic E-state index is 5.15. The van der Waals surface area contributed by atoms with Crippen molar-refractivity contribution in [2.45, 2.75) is 26.8 Å². The van der Waals surface area contributed by atoms with Crippen LogP contribution in [0.3, 0.4) is 0 Å². The van der Waals surface area contributed by atoms with E-state index in [4.69, 9.17) is 4.74 Å². The fraction of sp³-hybridized carbons (Fsp3) is 0.500. The van der Waals surface area contributed by atoms with Gasteiger partial charge in [-0.1, -0.05) is 44.2 Å². The number of nitrogens with one attached hydrogen (secondary N) is 2. The van der Waals surface area contributed by atoms with Crippen molar-refractivity contribution in [3.63, 3.8) is 0 Å². The van der Waals surface area contributed by atoms with Crippen molar-refractivity contribution in [1.29, 1.82) is 0 Å². The first-order valence-electron chi connectivity index (χ1n) is 7.27. The lowest BCUT2D eigenvalue weighted by Gasteiger charge is -2.24. The van der Waals surface area contributed by atoms with Crippen LogP contribution in [-0.2, 0) is 11.3 Å². The first-order chi connectivity index (χ1) is 10.1. The van der Waals surface area contributed by atoms with E-state index in [0.29, 0.717) is 6.54 Å². The van der Waals surface area contributed by atoms with Gasteiger partial charge in [-0.3, -0.25) is 0 Å². The van der Waals surface area contributed by atoms with Gasteiger partial charge in [0.1, 0.15) is 11.4 Å². The molecule has 2 N–H and O–H groups in total. The van der Waals surface area contributed by atoms with Crippen molar-refractivity contribution in [3.8, 4) is 11.3 Å². The number of H-pyrrole nitrogens is 1. The zero-order valence-electron chi connectivity index (χ0n) is 13.0. The van der Waals surface area contributed by atoms with Crippen LogP contribution in [0.2, 0.25) is 0 Å². The molecule has 2 aromatic rings. The molecule has 0 saturated carbocycles. The number of benzene rings is 1. The zero-order valence-corrected chi connectivity index (χ0v) is 13.0. The first kappa shape index (κ1) is 15.7. The number of rotatable bonds is 8. The van der Waals surface area contributed by atoms with Crippen molar-refractivity contribution < 1.29 is 4.74 Å². The highest BCUT2D eigenvalue weighted by Crippen LogP contribution is 2.21. The summed E-state index contributed by atoms with van der Waals surface area (Å²) < 4.78 is 5.15. The summed E-state index contributed by atoms with van der Waals surface area (Å²) >= 11 is 0. The van der Waals surface area contributed by atoms with Crippen molar-refractivity contribution in [2.24, 2.45) is 5.41 Å². The van der Waals surface area contributed by atoms with Crippen LogP contribution in [0.15, 0.2) is 30.3 Å². The molecule has 0 fully saturated rings. The van der Waals surface area contributed by atoms with Gasteiger partial charge in [0.2, 0.25) is 0 Å². The Morgan fingerprint density at radius 2 is 1.95 bits per heavy atom. The third kappa shape index (κ3) is 4.65. The highest BCUT2D eigenvalue weighted by molar-refractivity contribution is 5.60. The molecule has 1 aromatic heterocycles. The van der Waals surface area contributed by atoms with Crippen LogP contribution >= 0.6 is 0 Å². The lowest BCUT2D eigenvalue weighted by molar-refractivity contribution is 0.150. The van der Waals surface area contributed by atoms with Gasteiger partial charge in [-0.15, -0.1) is 0 Å². The number of aromatic nitrogens is 3. The molecule has 21 heavy (non-hydrogen) atoms. The average molecular weight is 288 g/mol. The van der Waals surface area contributed by atoms with Crippen LogP contribution in [0.5, 0.6) is 0 Å². The van der Waals surface area contributed by atoms with Crippen molar-refractivity contribution in [2.75, 3.05) is 20.3 Å². The lowest BCUT2D eigenvalue weighted by Crippen LogP contribution is -2.30. The van der Waals surface area contributed by atoms with E-state index in [1.807, 2.05) is 30.3 Å². The second kappa shape index (κ2) is 7.33. The Morgan fingerprint density at radius 1 is 1.19 bits per heavy atom. The minimum atomic E-state index is 0.201. The van der Waals surface area contributed by atoms with Crippen LogP contribution in [0.4, 0.5) is 0 Å². The maximum atomic E-state index is 5.15. The summed E-state index contributed by atoms with van der Waals surface area (Å²) in [7, 11) is 1.74. The van der Waals surface area contributed by atoms with Crippen molar-refractivity contribution in [3.05, 3.63) is 36.0 Å². The van der Waals surface area contributed by atoms with Crippen LogP contribution in [0.1, 0.15) is 26.0 Å². The number of methoxy groups -OCH3 is 1. The van der Waals surface area contributed by atoms with E-state index in [-0.39, 0.29) is 5.41 Å². The summed E-state index contributed by atoms with van der Waals surface area (Å²) in [4.78, 5) is 0. The number of hydrogen-bond acceptors (Lipinski definition) is 4. The molecular weight excluding hydrogens is 264 g/mol. The summed E-state index contributed by atoms with van der Waals surface area (Å²) in [5.41, 5.74) is 3.15. The summed E-state index contributed by atoms with van der Waals surface area (Å²) in [6, 6.07) is 10.1. The quantitative estimate of drug-likeness (QED) is 0.784. The molecule has 5 heteroatoms. The van der Waals surface area contributed by atoms with E-state index in [9.17, 15) is 0 Å². The van der Waals surface area contributed by atoms with E-state index in [2.05, 4.69) is 34.6 Å². The molecule has 0 atom stereocenters. The number of hydrogen-bond donors (Lipinski definition) is 2. The number of ether oxygens (including phenoxy) is 1. The molecule has 0 bridgehead atoms. The van der Waals surface area contributed by atoms with Gasteiger partial charge >= 0.3 is 0 Å². The monoisotopic (exact) mass is 288 g/mol. The Balaban J connectivity index is 1.92. The van der Waals surface area contributed by atoms with E-state index < -0.39 is 0 Å². The molecule has 5 nitrogen and oxygen atoms in total. The van der Waals surface area contributed by atoms with Gasteiger partial charge in [0.25, 0.3) is 0 Å². The summed E-state index contributed by atoms with van der Waals surface area (Å²) in [6.45, 7) is 6.88. The van der Waals surface area contributed by atoms with Gasteiger partial charge in [0.15, 0.2) is 0 Å². The van der Waals surface area contributed by atoms with Gasteiger partial charge in [-0.25, -0.2) is 0 Å². The predicted octanol–water partition coefficient (Wildman–Crippen LogP) is 2.62. The predicted molar refractivity (Wildman–Crippen MR) is 83.8 cm³/mol. The van der Waals surface area contributed by atoms with Crippen LogP contribution < -0.4 is 5.32 Å². The maximum Gasteiger partial charge on any atom is 0.117 e. The molecular formula is C16H24N4O. The summed E-state index contributed by atoms with van der Waals surface area (Å²) in [6.07, 6.45) is 1.03. The molecule has 0 unspecified atom stereocenters. The second-order valence-corrected chi connectivity index (χ2v) is 6.00. The standard InChI is InChI=1S/C16H24N4O/c1-16(2,9-10-21-3)12-17-11-14-15(19-20-18-14)13-7-5-4-6-8-13/h4-8,17H,9-12H2,1-3H3,(H,18,19,20).